The molecule has 2 heterocycles. The van der Waals surface area contributed by atoms with Gasteiger partial charge in [0.25, 0.3) is 0 Å². The number of fused-ring (bicyclic) bond motifs is 1. The number of anilines is 1. The molecule has 0 unspecified atom stereocenters. The van der Waals surface area contributed by atoms with E-state index in [0.717, 1.165) is 60.5 Å². The van der Waals surface area contributed by atoms with Crippen LogP contribution in [0.3, 0.4) is 0 Å². The summed E-state index contributed by atoms with van der Waals surface area (Å²) in [6, 6.07) is 10.2. The first-order chi connectivity index (χ1) is 11.1. The fourth-order valence-electron chi connectivity index (χ4n) is 2.84. The van der Waals surface area contributed by atoms with Crippen LogP contribution in [0, 0.1) is 0 Å². The van der Waals surface area contributed by atoms with Crippen LogP contribution < -0.4 is 5.32 Å². The summed E-state index contributed by atoms with van der Waals surface area (Å²) >= 11 is 3.55. The Labute approximate surface area is 144 Å². The van der Waals surface area contributed by atoms with Gasteiger partial charge in [-0.2, -0.15) is 0 Å². The average Bonchev–Trinajstić information content (AvgIpc) is 2.56. The summed E-state index contributed by atoms with van der Waals surface area (Å²) in [7, 11) is 0. The average molecular weight is 377 g/mol. The number of carbonyl (C=O) groups is 1. The van der Waals surface area contributed by atoms with E-state index in [9.17, 15) is 4.79 Å². The molecule has 2 aromatic rings. The highest BCUT2D eigenvalue weighted by atomic mass is 79.9. The third-order valence-electron chi connectivity index (χ3n) is 4.22. The van der Waals surface area contributed by atoms with Gasteiger partial charge >= 0.3 is 0 Å². The molecule has 1 aliphatic heterocycles. The first-order valence-electron chi connectivity index (χ1n) is 7.90. The normalized spacial score (nSPS) is 15.8. The Bertz CT molecular complexity index is 698. The zero-order chi connectivity index (χ0) is 16.2. The summed E-state index contributed by atoms with van der Waals surface area (Å²) in [4.78, 5) is 20.3. The van der Waals surface area contributed by atoms with Gasteiger partial charge < -0.3 is 10.2 Å². The molecule has 1 aromatic heterocycles. The van der Waals surface area contributed by atoms with Crippen LogP contribution in [-0.4, -0.2) is 60.0 Å². The highest BCUT2D eigenvalue weighted by molar-refractivity contribution is 9.10. The first kappa shape index (κ1) is 16.2. The van der Waals surface area contributed by atoms with Crippen molar-refractivity contribution in [3.05, 3.63) is 34.8 Å². The zero-order valence-corrected chi connectivity index (χ0v) is 14.8. The predicted octanol–water partition coefficient (Wildman–Crippen LogP) is 2.57. The minimum atomic E-state index is 0.175. The smallest absolute Gasteiger partial charge is 0.219 e. The Morgan fingerprint density at radius 3 is 2.74 bits per heavy atom. The molecule has 0 radical (unpaired) electrons. The molecule has 0 saturated carbocycles. The second-order valence-electron chi connectivity index (χ2n) is 5.78. The third-order valence-corrected chi connectivity index (χ3v) is 4.86. The van der Waals surface area contributed by atoms with Crippen LogP contribution in [0.25, 0.3) is 10.9 Å². The number of amides is 1. The monoisotopic (exact) mass is 376 g/mol. The first-order valence-corrected chi connectivity index (χ1v) is 8.70. The van der Waals surface area contributed by atoms with Crippen molar-refractivity contribution in [2.24, 2.45) is 0 Å². The largest absolute Gasteiger partial charge is 0.369 e. The lowest BCUT2D eigenvalue weighted by Gasteiger charge is -2.34. The number of pyridine rings is 1. The lowest BCUT2D eigenvalue weighted by atomic mass is 10.2. The van der Waals surface area contributed by atoms with Crippen molar-refractivity contribution in [3.8, 4) is 0 Å². The summed E-state index contributed by atoms with van der Waals surface area (Å²) in [5, 5.41) is 4.52. The minimum Gasteiger partial charge on any atom is -0.369 e. The van der Waals surface area contributed by atoms with Crippen LogP contribution in [0.4, 0.5) is 5.82 Å². The number of hydrogen-bond donors (Lipinski definition) is 1. The number of nitrogens with one attached hydrogen (secondary N) is 1. The van der Waals surface area contributed by atoms with Gasteiger partial charge in [-0.15, -0.1) is 0 Å². The molecule has 23 heavy (non-hydrogen) atoms. The molecular formula is C17H21BrN4O. The number of hydrogen-bond acceptors (Lipinski definition) is 4. The number of rotatable bonds is 4. The van der Waals surface area contributed by atoms with Crippen molar-refractivity contribution in [1.29, 1.82) is 0 Å². The van der Waals surface area contributed by atoms with E-state index in [2.05, 4.69) is 43.3 Å². The van der Waals surface area contributed by atoms with Crippen molar-refractivity contribution in [1.82, 2.24) is 14.8 Å². The lowest BCUT2D eigenvalue weighted by Crippen LogP contribution is -2.49. The van der Waals surface area contributed by atoms with Crippen molar-refractivity contribution in [3.63, 3.8) is 0 Å². The molecular weight excluding hydrogens is 356 g/mol. The van der Waals surface area contributed by atoms with E-state index in [4.69, 9.17) is 0 Å². The van der Waals surface area contributed by atoms with Crippen LogP contribution in [0.1, 0.15) is 6.92 Å². The Morgan fingerprint density at radius 1 is 1.22 bits per heavy atom. The second kappa shape index (κ2) is 7.27. The summed E-state index contributed by atoms with van der Waals surface area (Å²) < 4.78 is 1.01. The van der Waals surface area contributed by atoms with Gasteiger partial charge in [-0.25, -0.2) is 4.98 Å². The molecule has 0 spiro atoms. The fraction of sp³-hybridized carbons (Fsp3) is 0.412. The van der Waals surface area contributed by atoms with Crippen LogP contribution >= 0.6 is 15.9 Å². The van der Waals surface area contributed by atoms with Crippen LogP contribution in [0.5, 0.6) is 0 Å². The number of halogens is 1. The molecule has 3 rings (SSSR count). The SMILES string of the molecule is CC(=O)N1CCN(CCNc2ccc3cccc(Br)c3n2)CC1. The van der Waals surface area contributed by atoms with Crippen molar-refractivity contribution < 1.29 is 4.79 Å². The van der Waals surface area contributed by atoms with E-state index in [1.54, 1.807) is 6.92 Å². The summed E-state index contributed by atoms with van der Waals surface area (Å²) in [6.45, 7) is 6.99. The van der Waals surface area contributed by atoms with Gasteiger partial charge in [-0.3, -0.25) is 9.69 Å². The topological polar surface area (TPSA) is 48.5 Å². The standard InChI is InChI=1S/C17H21BrN4O/c1-13(23)22-11-9-21(10-12-22)8-7-19-16-6-5-14-3-2-4-15(18)17(14)20-16/h2-6H,7-12H2,1H3,(H,19,20). The zero-order valence-electron chi connectivity index (χ0n) is 13.3. The molecule has 5 nitrogen and oxygen atoms in total. The van der Waals surface area contributed by atoms with Gasteiger partial charge in [0.2, 0.25) is 5.91 Å². The Balaban J connectivity index is 1.51. The molecule has 1 saturated heterocycles. The quantitative estimate of drug-likeness (QED) is 0.890. The van der Waals surface area contributed by atoms with E-state index in [1.807, 2.05) is 23.1 Å². The van der Waals surface area contributed by atoms with Gasteiger partial charge in [0.05, 0.1) is 5.52 Å². The molecule has 6 heteroatoms. The fourth-order valence-corrected chi connectivity index (χ4v) is 3.31. The second-order valence-corrected chi connectivity index (χ2v) is 6.64. The molecule has 1 aromatic carbocycles. The highest BCUT2D eigenvalue weighted by Gasteiger charge is 2.17. The number of aromatic nitrogens is 1. The minimum absolute atomic E-state index is 0.175. The Morgan fingerprint density at radius 2 is 2.00 bits per heavy atom. The highest BCUT2D eigenvalue weighted by Crippen LogP contribution is 2.23. The number of benzene rings is 1. The number of carbonyl (C=O) groups excluding carboxylic acids is 1. The Hall–Kier alpha value is -1.66. The maximum Gasteiger partial charge on any atom is 0.219 e. The molecule has 1 amide bonds. The van der Waals surface area contributed by atoms with Gasteiger partial charge in [-0.1, -0.05) is 12.1 Å². The number of nitrogens with zero attached hydrogens (tertiary/aromatic N) is 3. The summed E-state index contributed by atoms with van der Waals surface area (Å²) in [5.74, 6) is 1.07. The van der Waals surface area contributed by atoms with Crippen LogP contribution in [-0.2, 0) is 4.79 Å². The van der Waals surface area contributed by atoms with E-state index in [1.165, 1.54) is 0 Å². The van der Waals surface area contributed by atoms with Crippen LogP contribution in [0.2, 0.25) is 0 Å². The number of piperazine rings is 1. The summed E-state index contributed by atoms with van der Waals surface area (Å²) in [6.07, 6.45) is 0. The molecule has 122 valence electrons. The van der Waals surface area contributed by atoms with Gasteiger partial charge in [-0.05, 0) is 34.1 Å². The molecule has 1 fully saturated rings. The Kier molecular flexibility index (Phi) is 5.13. The van der Waals surface area contributed by atoms with E-state index in [0.29, 0.717) is 0 Å². The third kappa shape index (κ3) is 4.00. The van der Waals surface area contributed by atoms with Crippen molar-refractivity contribution in [2.45, 2.75) is 6.92 Å². The summed E-state index contributed by atoms with van der Waals surface area (Å²) in [5.41, 5.74) is 0.979. The maximum absolute atomic E-state index is 11.3. The van der Waals surface area contributed by atoms with Gasteiger partial charge in [0, 0.05) is 56.1 Å². The van der Waals surface area contributed by atoms with Crippen LogP contribution in [0.15, 0.2) is 34.8 Å². The van der Waals surface area contributed by atoms with Crippen molar-refractivity contribution >= 4 is 38.6 Å². The van der Waals surface area contributed by atoms with Crippen molar-refractivity contribution in [2.75, 3.05) is 44.6 Å². The lowest BCUT2D eigenvalue weighted by molar-refractivity contribution is -0.130. The molecule has 0 bridgehead atoms. The molecule has 0 aliphatic carbocycles. The van der Waals surface area contributed by atoms with Gasteiger partial charge in [0.1, 0.15) is 5.82 Å². The molecule has 0 atom stereocenters. The predicted molar refractivity (Wildman–Crippen MR) is 96.6 cm³/mol. The molecule has 1 N–H and O–H groups in total. The van der Waals surface area contributed by atoms with E-state index < -0.39 is 0 Å². The number of para-hydroxylation sites is 1. The van der Waals surface area contributed by atoms with Gasteiger partial charge in [0.15, 0.2) is 0 Å². The van der Waals surface area contributed by atoms with E-state index in [-0.39, 0.29) is 5.91 Å². The molecule has 1 aliphatic rings. The maximum atomic E-state index is 11.3. The van der Waals surface area contributed by atoms with E-state index >= 15 is 0 Å².